The van der Waals surface area contributed by atoms with Gasteiger partial charge in [0, 0.05) is 12.0 Å². The standard InChI is InChI=1S/C28H44NO2.ClH/c1-5-6-7-8-9-13-19-27(26-17-11-10-12-18-26)29(3,4)21-22-30-23-24-31-28-20-15-14-16-25(28)2;/h10-12,14-18,20,27H,5-9,13,19,21-24H2,1-4H3;1H/q+1;/p-1. The second-order valence-corrected chi connectivity index (χ2v) is 9.21. The molecule has 2 rings (SSSR count). The van der Waals surface area contributed by atoms with Crippen LogP contribution in [0.5, 0.6) is 5.75 Å². The number of benzene rings is 2. The van der Waals surface area contributed by atoms with Gasteiger partial charge >= 0.3 is 0 Å². The van der Waals surface area contributed by atoms with Gasteiger partial charge in [0.25, 0.3) is 0 Å². The fraction of sp³-hybridized carbons (Fsp3) is 0.571. The van der Waals surface area contributed by atoms with Crippen LogP contribution in [0.15, 0.2) is 54.6 Å². The van der Waals surface area contributed by atoms with Crippen LogP contribution in [0.1, 0.15) is 69.0 Å². The van der Waals surface area contributed by atoms with Gasteiger partial charge in [-0.05, 0) is 25.0 Å². The molecule has 4 heteroatoms. The third-order valence-electron chi connectivity index (χ3n) is 6.25. The highest BCUT2D eigenvalue weighted by atomic mass is 35.5. The Morgan fingerprint density at radius 3 is 2.16 bits per heavy atom. The van der Waals surface area contributed by atoms with Crippen LogP contribution in [-0.2, 0) is 4.74 Å². The van der Waals surface area contributed by atoms with Crippen LogP contribution in [-0.4, -0.2) is 44.9 Å². The predicted molar refractivity (Wildman–Crippen MR) is 132 cm³/mol. The fourth-order valence-electron chi connectivity index (χ4n) is 4.20. The smallest absolute Gasteiger partial charge is 0.122 e. The SMILES string of the molecule is CCCCCCCCC(c1ccccc1)[N+](C)(C)CCOCCOc1ccccc1C.[Cl-]. The maximum atomic E-state index is 5.95. The molecule has 1 unspecified atom stereocenters. The van der Waals surface area contributed by atoms with Gasteiger partial charge in [-0.3, -0.25) is 0 Å². The molecule has 2 aromatic carbocycles. The number of hydrogen-bond acceptors (Lipinski definition) is 2. The first kappa shape index (κ1) is 28.5. The lowest BCUT2D eigenvalue weighted by atomic mass is 9.97. The maximum absolute atomic E-state index is 5.95. The van der Waals surface area contributed by atoms with Crippen LogP contribution < -0.4 is 17.1 Å². The number of ether oxygens (including phenoxy) is 2. The maximum Gasteiger partial charge on any atom is 0.122 e. The number of para-hydroxylation sites is 1. The normalized spacial score (nSPS) is 12.2. The minimum atomic E-state index is 0. The molecule has 1 atom stereocenters. The first-order valence-corrected chi connectivity index (χ1v) is 12.2. The molecule has 0 fully saturated rings. The molecular formula is C28H44ClNO2. The van der Waals surface area contributed by atoms with E-state index in [9.17, 15) is 0 Å². The Morgan fingerprint density at radius 1 is 0.781 bits per heavy atom. The van der Waals surface area contributed by atoms with E-state index in [1.807, 2.05) is 18.2 Å². The summed E-state index contributed by atoms with van der Waals surface area (Å²) in [6, 6.07) is 19.7. The van der Waals surface area contributed by atoms with Crippen molar-refractivity contribution < 1.29 is 26.4 Å². The Labute approximate surface area is 203 Å². The zero-order valence-electron chi connectivity index (χ0n) is 20.7. The molecule has 0 aliphatic carbocycles. The van der Waals surface area contributed by atoms with E-state index in [0.29, 0.717) is 19.3 Å². The van der Waals surface area contributed by atoms with Crippen LogP contribution in [0.4, 0.5) is 0 Å². The van der Waals surface area contributed by atoms with Crippen molar-refractivity contribution in [3.63, 3.8) is 0 Å². The van der Waals surface area contributed by atoms with Gasteiger partial charge in [0.1, 0.15) is 24.9 Å². The summed E-state index contributed by atoms with van der Waals surface area (Å²) in [5.74, 6) is 0.949. The van der Waals surface area contributed by atoms with Gasteiger partial charge in [-0.1, -0.05) is 87.6 Å². The summed E-state index contributed by atoms with van der Waals surface area (Å²) in [6.07, 6.45) is 9.31. The number of rotatable bonds is 16. The molecule has 180 valence electrons. The number of aryl methyl sites for hydroxylation is 1. The molecule has 0 aliphatic heterocycles. The van der Waals surface area contributed by atoms with Crippen LogP contribution in [0.25, 0.3) is 0 Å². The lowest BCUT2D eigenvalue weighted by Crippen LogP contribution is -3.00. The van der Waals surface area contributed by atoms with E-state index in [-0.39, 0.29) is 12.4 Å². The van der Waals surface area contributed by atoms with E-state index >= 15 is 0 Å². The number of unbranched alkanes of at least 4 members (excludes halogenated alkanes) is 5. The monoisotopic (exact) mass is 461 g/mol. The number of hydrogen-bond donors (Lipinski definition) is 0. The average molecular weight is 462 g/mol. The van der Waals surface area contributed by atoms with Crippen molar-refractivity contribution in [2.75, 3.05) is 40.5 Å². The highest BCUT2D eigenvalue weighted by Gasteiger charge is 2.29. The highest BCUT2D eigenvalue weighted by Crippen LogP contribution is 2.30. The molecular weight excluding hydrogens is 418 g/mol. The van der Waals surface area contributed by atoms with Crippen LogP contribution in [0.2, 0.25) is 0 Å². The van der Waals surface area contributed by atoms with Crippen LogP contribution in [0.3, 0.4) is 0 Å². The van der Waals surface area contributed by atoms with Crippen molar-refractivity contribution in [1.82, 2.24) is 0 Å². The first-order valence-electron chi connectivity index (χ1n) is 12.2. The number of likely N-dealkylation sites (N-methyl/N-ethyl adjacent to an activating group) is 1. The molecule has 0 radical (unpaired) electrons. The molecule has 3 nitrogen and oxygen atoms in total. The van der Waals surface area contributed by atoms with Crippen molar-refractivity contribution in [1.29, 1.82) is 0 Å². The van der Waals surface area contributed by atoms with Crippen molar-refractivity contribution in [2.24, 2.45) is 0 Å². The molecule has 0 spiro atoms. The summed E-state index contributed by atoms with van der Waals surface area (Å²) < 4.78 is 12.8. The largest absolute Gasteiger partial charge is 1.00 e. The lowest BCUT2D eigenvalue weighted by Gasteiger charge is -2.38. The van der Waals surface area contributed by atoms with Gasteiger partial charge in [0.05, 0.1) is 27.3 Å². The topological polar surface area (TPSA) is 18.5 Å². The molecule has 0 heterocycles. The van der Waals surface area contributed by atoms with E-state index in [4.69, 9.17) is 9.47 Å². The summed E-state index contributed by atoms with van der Waals surface area (Å²) in [4.78, 5) is 0. The zero-order valence-corrected chi connectivity index (χ0v) is 21.4. The third kappa shape index (κ3) is 10.4. The third-order valence-corrected chi connectivity index (χ3v) is 6.25. The molecule has 0 aromatic heterocycles. The fourth-order valence-corrected chi connectivity index (χ4v) is 4.20. The van der Waals surface area contributed by atoms with Crippen LogP contribution in [0, 0.1) is 6.92 Å². The minimum absolute atomic E-state index is 0. The van der Waals surface area contributed by atoms with E-state index < -0.39 is 0 Å². The van der Waals surface area contributed by atoms with Gasteiger partial charge in [-0.2, -0.15) is 0 Å². The van der Waals surface area contributed by atoms with Gasteiger partial charge in [0.15, 0.2) is 0 Å². The summed E-state index contributed by atoms with van der Waals surface area (Å²) in [7, 11) is 4.70. The Morgan fingerprint density at radius 2 is 1.44 bits per heavy atom. The molecule has 0 bridgehead atoms. The first-order chi connectivity index (χ1) is 15.0. The predicted octanol–water partition coefficient (Wildman–Crippen LogP) is 3.96. The lowest BCUT2D eigenvalue weighted by molar-refractivity contribution is -0.922. The van der Waals surface area contributed by atoms with Crippen molar-refractivity contribution in [2.45, 2.75) is 64.8 Å². The second-order valence-electron chi connectivity index (χ2n) is 9.21. The Hall–Kier alpha value is -1.55. The summed E-state index contributed by atoms with van der Waals surface area (Å²) in [5.41, 5.74) is 2.62. The molecule has 0 saturated carbocycles. The van der Waals surface area contributed by atoms with E-state index in [2.05, 4.69) is 64.3 Å². The van der Waals surface area contributed by atoms with E-state index in [1.54, 1.807) is 0 Å². The van der Waals surface area contributed by atoms with Gasteiger partial charge in [0.2, 0.25) is 0 Å². The summed E-state index contributed by atoms with van der Waals surface area (Å²) in [5, 5.41) is 0. The summed E-state index contributed by atoms with van der Waals surface area (Å²) in [6.45, 7) is 7.33. The molecule has 0 aliphatic rings. The van der Waals surface area contributed by atoms with Crippen molar-refractivity contribution in [3.8, 4) is 5.75 Å². The molecule has 32 heavy (non-hydrogen) atoms. The Balaban J connectivity index is 0.00000512. The molecule has 0 amide bonds. The molecule has 2 aromatic rings. The van der Waals surface area contributed by atoms with Crippen molar-refractivity contribution in [3.05, 3.63) is 65.7 Å². The van der Waals surface area contributed by atoms with Gasteiger partial charge in [-0.15, -0.1) is 0 Å². The van der Waals surface area contributed by atoms with Crippen LogP contribution >= 0.6 is 0 Å². The van der Waals surface area contributed by atoms with Gasteiger partial charge < -0.3 is 26.4 Å². The average Bonchev–Trinajstić information content (AvgIpc) is 2.77. The number of halogens is 1. The Bertz CT molecular complexity index is 720. The zero-order chi connectivity index (χ0) is 22.4. The second kappa shape index (κ2) is 16.1. The molecule has 0 saturated heterocycles. The number of nitrogens with zero attached hydrogens (tertiary/aromatic N) is 1. The highest BCUT2D eigenvalue weighted by molar-refractivity contribution is 5.31. The summed E-state index contributed by atoms with van der Waals surface area (Å²) >= 11 is 0. The quantitative estimate of drug-likeness (QED) is 0.278. The molecule has 0 N–H and O–H groups in total. The van der Waals surface area contributed by atoms with Gasteiger partial charge in [-0.25, -0.2) is 0 Å². The van der Waals surface area contributed by atoms with E-state index in [0.717, 1.165) is 23.4 Å². The minimum Gasteiger partial charge on any atom is -1.00 e. The van der Waals surface area contributed by atoms with Crippen molar-refractivity contribution >= 4 is 0 Å². The van der Waals surface area contributed by atoms with E-state index in [1.165, 1.54) is 56.1 Å². The number of quaternary nitrogens is 1. The Kier molecular flexibility index (Phi) is 14.4.